The molecule has 3 rings (SSSR count). The molecule has 0 saturated heterocycles. The number of hydrogen-bond donors (Lipinski definition) is 2. The average molecular weight is 274 g/mol. The molecule has 1 saturated carbocycles. The smallest absolute Gasteiger partial charge is 0.221 e. The fraction of sp³-hybridized carbons (Fsp3) is 0.562. The maximum atomic E-state index is 11.5. The summed E-state index contributed by atoms with van der Waals surface area (Å²) < 4.78 is 5.88. The Morgan fingerprint density at radius 1 is 1.40 bits per heavy atom. The van der Waals surface area contributed by atoms with E-state index in [1.807, 2.05) is 6.07 Å². The lowest BCUT2D eigenvalue weighted by Gasteiger charge is -2.11. The summed E-state index contributed by atoms with van der Waals surface area (Å²) in [4.78, 5) is 11.5. The zero-order valence-electron chi connectivity index (χ0n) is 11.9. The van der Waals surface area contributed by atoms with E-state index in [1.54, 1.807) is 0 Å². The molecular weight excluding hydrogens is 252 g/mol. The largest absolute Gasteiger partial charge is 0.488 e. The Morgan fingerprint density at radius 2 is 2.25 bits per heavy atom. The van der Waals surface area contributed by atoms with Gasteiger partial charge < -0.3 is 15.4 Å². The van der Waals surface area contributed by atoms with E-state index in [1.165, 1.54) is 11.1 Å². The molecular formula is C16H22N2O2. The number of hydrogen-bond acceptors (Lipinski definition) is 3. The van der Waals surface area contributed by atoms with Crippen LogP contribution in [0.25, 0.3) is 0 Å². The van der Waals surface area contributed by atoms with Gasteiger partial charge in [0.05, 0.1) is 0 Å². The molecule has 1 aromatic carbocycles. The summed E-state index contributed by atoms with van der Waals surface area (Å²) in [5.74, 6) is 1.17. The van der Waals surface area contributed by atoms with Gasteiger partial charge in [0.2, 0.25) is 5.91 Å². The molecule has 1 aliphatic heterocycles. The van der Waals surface area contributed by atoms with Crippen molar-refractivity contribution in [2.75, 3.05) is 13.1 Å². The van der Waals surface area contributed by atoms with Crippen LogP contribution in [-0.4, -0.2) is 31.1 Å². The average Bonchev–Trinajstić information content (AvgIpc) is 3.12. The van der Waals surface area contributed by atoms with E-state index in [0.717, 1.165) is 31.6 Å². The number of ether oxygens (including phenoxy) is 1. The fourth-order valence-corrected chi connectivity index (χ4v) is 2.56. The van der Waals surface area contributed by atoms with Crippen molar-refractivity contribution in [3.8, 4) is 5.75 Å². The molecule has 2 aliphatic rings. The standard InChI is InChI=1S/C16H22N2O2/c1-11-2-5-15-12(8-11)9-14(20-15)10-17-7-6-16(19)18-13-3-4-13/h2,5,8,13-14,17H,3-4,6-7,9-10H2,1H3,(H,18,19). The van der Waals surface area contributed by atoms with E-state index < -0.39 is 0 Å². The number of carbonyl (C=O) groups excluding carboxylic acids is 1. The van der Waals surface area contributed by atoms with Crippen molar-refractivity contribution in [3.05, 3.63) is 29.3 Å². The maximum Gasteiger partial charge on any atom is 0.221 e. The Bertz CT molecular complexity index is 497. The topological polar surface area (TPSA) is 50.4 Å². The van der Waals surface area contributed by atoms with Crippen LogP contribution in [0.15, 0.2) is 18.2 Å². The zero-order chi connectivity index (χ0) is 13.9. The molecule has 1 atom stereocenters. The van der Waals surface area contributed by atoms with Crippen LogP contribution in [0.2, 0.25) is 0 Å². The van der Waals surface area contributed by atoms with Crippen molar-refractivity contribution >= 4 is 5.91 Å². The molecule has 4 nitrogen and oxygen atoms in total. The maximum absolute atomic E-state index is 11.5. The number of carbonyl (C=O) groups is 1. The first-order valence-corrected chi connectivity index (χ1v) is 7.47. The number of aryl methyl sites for hydroxylation is 1. The lowest BCUT2D eigenvalue weighted by Crippen LogP contribution is -2.34. The van der Waals surface area contributed by atoms with Gasteiger partial charge >= 0.3 is 0 Å². The van der Waals surface area contributed by atoms with E-state index in [2.05, 4.69) is 29.7 Å². The molecule has 2 N–H and O–H groups in total. The lowest BCUT2D eigenvalue weighted by molar-refractivity contribution is -0.121. The van der Waals surface area contributed by atoms with Crippen LogP contribution in [0.5, 0.6) is 5.75 Å². The number of benzene rings is 1. The van der Waals surface area contributed by atoms with Crippen LogP contribution < -0.4 is 15.4 Å². The van der Waals surface area contributed by atoms with Gasteiger partial charge in [-0.05, 0) is 31.4 Å². The van der Waals surface area contributed by atoms with Crippen molar-refractivity contribution < 1.29 is 9.53 Å². The second-order valence-electron chi connectivity index (χ2n) is 5.85. The second-order valence-corrected chi connectivity index (χ2v) is 5.85. The number of nitrogens with one attached hydrogen (secondary N) is 2. The highest BCUT2D eigenvalue weighted by Gasteiger charge is 2.24. The minimum absolute atomic E-state index is 0.159. The summed E-state index contributed by atoms with van der Waals surface area (Å²) in [6.07, 6.45) is 3.99. The number of amides is 1. The molecule has 20 heavy (non-hydrogen) atoms. The molecule has 1 aromatic rings. The molecule has 1 unspecified atom stereocenters. The van der Waals surface area contributed by atoms with Gasteiger partial charge in [-0.25, -0.2) is 0 Å². The molecule has 1 fully saturated rings. The van der Waals surface area contributed by atoms with Crippen molar-refractivity contribution in [3.63, 3.8) is 0 Å². The normalized spacial score (nSPS) is 20.4. The fourth-order valence-electron chi connectivity index (χ4n) is 2.56. The Morgan fingerprint density at radius 3 is 3.05 bits per heavy atom. The molecule has 4 heteroatoms. The van der Waals surface area contributed by atoms with Gasteiger partial charge in [-0.1, -0.05) is 17.7 Å². The SMILES string of the molecule is Cc1ccc2c(c1)CC(CNCCC(=O)NC1CC1)O2. The van der Waals surface area contributed by atoms with E-state index in [9.17, 15) is 4.79 Å². The van der Waals surface area contributed by atoms with E-state index >= 15 is 0 Å². The van der Waals surface area contributed by atoms with Crippen LogP contribution in [0.1, 0.15) is 30.4 Å². The molecule has 1 aliphatic carbocycles. The third-order valence-electron chi connectivity index (χ3n) is 3.80. The van der Waals surface area contributed by atoms with Gasteiger partial charge in [0, 0.05) is 32.0 Å². The summed E-state index contributed by atoms with van der Waals surface area (Å²) in [6.45, 7) is 3.61. The summed E-state index contributed by atoms with van der Waals surface area (Å²) in [5, 5.41) is 6.31. The van der Waals surface area contributed by atoms with E-state index in [4.69, 9.17) is 4.74 Å². The van der Waals surface area contributed by atoms with E-state index in [-0.39, 0.29) is 12.0 Å². The molecule has 0 aromatic heterocycles. The number of fused-ring (bicyclic) bond motifs is 1. The highest BCUT2D eigenvalue weighted by atomic mass is 16.5. The van der Waals surface area contributed by atoms with Gasteiger partial charge in [-0.3, -0.25) is 4.79 Å². The summed E-state index contributed by atoms with van der Waals surface area (Å²) in [6, 6.07) is 6.78. The molecule has 1 amide bonds. The molecule has 0 spiro atoms. The van der Waals surface area contributed by atoms with Gasteiger partial charge in [0.25, 0.3) is 0 Å². The predicted molar refractivity (Wildman–Crippen MR) is 78.0 cm³/mol. The van der Waals surface area contributed by atoms with Crippen LogP contribution in [0, 0.1) is 6.92 Å². The zero-order valence-corrected chi connectivity index (χ0v) is 11.9. The highest BCUT2D eigenvalue weighted by Crippen LogP contribution is 2.29. The predicted octanol–water partition coefficient (Wildman–Crippen LogP) is 1.56. The Labute approximate surface area is 119 Å². The van der Waals surface area contributed by atoms with Crippen LogP contribution in [-0.2, 0) is 11.2 Å². The first kappa shape index (κ1) is 13.4. The second kappa shape index (κ2) is 5.83. The number of rotatable bonds is 6. The minimum atomic E-state index is 0.159. The molecule has 0 bridgehead atoms. The highest BCUT2D eigenvalue weighted by molar-refractivity contribution is 5.76. The first-order chi connectivity index (χ1) is 9.70. The Balaban J connectivity index is 1.35. The third-order valence-corrected chi connectivity index (χ3v) is 3.80. The van der Waals surface area contributed by atoms with Gasteiger partial charge in [0.1, 0.15) is 11.9 Å². The first-order valence-electron chi connectivity index (χ1n) is 7.47. The van der Waals surface area contributed by atoms with E-state index in [0.29, 0.717) is 19.0 Å². The lowest BCUT2D eigenvalue weighted by atomic mass is 10.1. The minimum Gasteiger partial charge on any atom is -0.488 e. The molecule has 108 valence electrons. The van der Waals surface area contributed by atoms with Crippen LogP contribution in [0.4, 0.5) is 0 Å². The summed E-state index contributed by atoms with van der Waals surface area (Å²) in [5.41, 5.74) is 2.57. The quantitative estimate of drug-likeness (QED) is 0.774. The van der Waals surface area contributed by atoms with Gasteiger partial charge in [0.15, 0.2) is 0 Å². The van der Waals surface area contributed by atoms with Crippen molar-refractivity contribution in [2.45, 2.75) is 44.8 Å². The van der Waals surface area contributed by atoms with Crippen molar-refractivity contribution in [1.82, 2.24) is 10.6 Å². The molecule has 0 radical (unpaired) electrons. The van der Waals surface area contributed by atoms with Crippen molar-refractivity contribution in [1.29, 1.82) is 0 Å². The molecule has 1 heterocycles. The summed E-state index contributed by atoms with van der Waals surface area (Å²) >= 11 is 0. The Kier molecular flexibility index (Phi) is 3.92. The monoisotopic (exact) mass is 274 g/mol. The van der Waals surface area contributed by atoms with Gasteiger partial charge in [-0.15, -0.1) is 0 Å². The Hall–Kier alpha value is -1.55. The third kappa shape index (κ3) is 3.51. The summed E-state index contributed by atoms with van der Waals surface area (Å²) in [7, 11) is 0. The van der Waals surface area contributed by atoms with Crippen LogP contribution >= 0.6 is 0 Å². The van der Waals surface area contributed by atoms with Crippen LogP contribution in [0.3, 0.4) is 0 Å². The van der Waals surface area contributed by atoms with Gasteiger partial charge in [-0.2, -0.15) is 0 Å². The van der Waals surface area contributed by atoms with Crippen molar-refractivity contribution in [2.24, 2.45) is 0 Å².